The number of ketones is 1. The molecule has 0 fully saturated rings. The van der Waals surface area contributed by atoms with E-state index in [1.807, 2.05) is 20.8 Å². The van der Waals surface area contributed by atoms with Crippen molar-refractivity contribution in [3.05, 3.63) is 29.8 Å². The molecule has 0 aliphatic heterocycles. The molecule has 0 aliphatic rings. The molecule has 1 atom stereocenters. The lowest BCUT2D eigenvalue weighted by molar-refractivity contribution is -0.121. The second kappa shape index (κ2) is 11.9. The first kappa shape index (κ1) is 21.4. The zero-order valence-electron chi connectivity index (χ0n) is 14.1. The molecule has 0 aliphatic carbocycles. The van der Waals surface area contributed by atoms with Gasteiger partial charge in [0.15, 0.2) is 5.78 Å². The molecule has 0 unspecified atom stereocenters. The number of benzene rings is 1. The lowest BCUT2D eigenvalue weighted by Crippen LogP contribution is -2.38. The Morgan fingerprint density at radius 3 is 2.35 bits per heavy atom. The number of carbonyl (C=O) groups excluding carboxylic acids is 2. The molecule has 6 heteroatoms. The molecule has 0 aromatic heterocycles. The number of nitrogens with one attached hydrogen (secondary N) is 2. The van der Waals surface area contributed by atoms with Crippen LogP contribution in [0.3, 0.4) is 0 Å². The van der Waals surface area contributed by atoms with Gasteiger partial charge in [-0.1, -0.05) is 6.92 Å². The Balaban J connectivity index is 0.00000484. The summed E-state index contributed by atoms with van der Waals surface area (Å²) >= 11 is 0. The van der Waals surface area contributed by atoms with Crippen molar-refractivity contribution >= 4 is 24.1 Å². The summed E-state index contributed by atoms with van der Waals surface area (Å²) in [6, 6.07) is 7.25. The monoisotopic (exact) mass is 342 g/mol. The van der Waals surface area contributed by atoms with E-state index < -0.39 is 0 Å². The van der Waals surface area contributed by atoms with Gasteiger partial charge in [0.05, 0.1) is 6.61 Å². The van der Waals surface area contributed by atoms with Gasteiger partial charge in [0.1, 0.15) is 5.75 Å². The van der Waals surface area contributed by atoms with Gasteiger partial charge in [0, 0.05) is 31.0 Å². The molecule has 1 amide bonds. The number of Topliss-reactive ketones (excluding diaryl/α,β-unsaturated/α-hetero) is 1. The fourth-order valence-electron chi connectivity index (χ4n) is 2.05. The molecule has 0 saturated heterocycles. The summed E-state index contributed by atoms with van der Waals surface area (Å²) in [4.78, 5) is 23.7. The normalized spacial score (nSPS) is 11.3. The summed E-state index contributed by atoms with van der Waals surface area (Å²) in [6.07, 6.45) is 0.431. The maximum Gasteiger partial charge on any atom is 0.220 e. The molecule has 23 heavy (non-hydrogen) atoms. The van der Waals surface area contributed by atoms with Gasteiger partial charge in [0.2, 0.25) is 5.91 Å². The Bertz CT molecular complexity index is 477. The van der Waals surface area contributed by atoms with Crippen molar-refractivity contribution < 1.29 is 14.3 Å². The Morgan fingerprint density at radius 1 is 1.13 bits per heavy atom. The first-order valence-corrected chi connectivity index (χ1v) is 7.83. The fourth-order valence-corrected chi connectivity index (χ4v) is 2.05. The van der Waals surface area contributed by atoms with Crippen LogP contribution in [0, 0.1) is 0 Å². The molecule has 0 heterocycles. The quantitative estimate of drug-likeness (QED) is 0.641. The lowest BCUT2D eigenvalue weighted by atomic mass is 10.1. The minimum absolute atomic E-state index is 0. The smallest absolute Gasteiger partial charge is 0.220 e. The summed E-state index contributed by atoms with van der Waals surface area (Å²) in [5.74, 6) is 0.621. The highest BCUT2D eigenvalue weighted by atomic mass is 35.5. The Morgan fingerprint density at radius 2 is 1.78 bits per heavy atom. The van der Waals surface area contributed by atoms with E-state index in [1.54, 1.807) is 24.3 Å². The van der Waals surface area contributed by atoms with Crippen molar-refractivity contribution in [3.8, 4) is 5.75 Å². The third-order valence-corrected chi connectivity index (χ3v) is 3.22. The fraction of sp³-hybridized carbons (Fsp3) is 0.529. The second-order valence-electron chi connectivity index (χ2n) is 5.14. The van der Waals surface area contributed by atoms with Crippen LogP contribution in [-0.2, 0) is 4.79 Å². The maximum atomic E-state index is 12.0. The van der Waals surface area contributed by atoms with Crippen molar-refractivity contribution in [3.63, 3.8) is 0 Å². The highest BCUT2D eigenvalue weighted by Gasteiger charge is 2.10. The van der Waals surface area contributed by atoms with Crippen LogP contribution < -0.4 is 15.4 Å². The highest BCUT2D eigenvalue weighted by molar-refractivity contribution is 5.98. The predicted molar refractivity (Wildman–Crippen MR) is 94.6 cm³/mol. The van der Waals surface area contributed by atoms with Gasteiger partial charge in [-0.2, -0.15) is 0 Å². The van der Waals surface area contributed by atoms with E-state index in [0.717, 1.165) is 12.3 Å². The molecule has 1 aromatic carbocycles. The molecule has 0 bridgehead atoms. The number of halogens is 1. The SMILES string of the molecule is CCN[C@H](C)CNC(=O)CCC(=O)c1ccc(OCC)cc1.Cl. The topological polar surface area (TPSA) is 67.4 Å². The standard InChI is InChI=1S/C17H26N2O3.ClH/c1-4-18-13(3)12-19-17(21)11-10-16(20)14-6-8-15(9-7-14)22-5-2;/h6-9,13,18H,4-5,10-12H2,1-3H3,(H,19,21);1H/t13-;/m1./s1. The number of rotatable bonds is 10. The molecule has 0 radical (unpaired) electrons. The highest BCUT2D eigenvalue weighted by Crippen LogP contribution is 2.13. The van der Waals surface area contributed by atoms with Gasteiger partial charge in [-0.3, -0.25) is 9.59 Å². The third-order valence-electron chi connectivity index (χ3n) is 3.22. The van der Waals surface area contributed by atoms with Gasteiger partial charge in [-0.15, -0.1) is 12.4 Å². The van der Waals surface area contributed by atoms with Gasteiger partial charge in [-0.05, 0) is 44.7 Å². The van der Waals surface area contributed by atoms with Gasteiger partial charge < -0.3 is 15.4 Å². The Hall–Kier alpha value is -1.59. The van der Waals surface area contributed by atoms with Crippen molar-refractivity contribution in [1.82, 2.24) is 10.6 Å². The molecule has 0 saturated carbocycles. The summed E-state index contributed by atoms with van der Waals surface area (Å²) in [5.41, 5.74) is 0.609. The van der Waals surface area contributed by atoms with E-state index in [-0.39, 0.29) is 43.0 Å². The lowest BCUT2D eigenvalue weighted by Gasteiger charge is -2.13. The predicted octanol–water partition coefficient (Wildman–Crippen LogP) is 2.58. The molecule has 130 valence electrons. The van der Waals surface area contributed by atoms with Crippen LogP contribution in [-0.4, -0.2) is 37.4 Å². The van der Waals surface area contributed by atoms with E-state index in [9.17, 15) is 9.59 Å². The van der Waals surface area contributed by atoms with Crippen LogP contribution in [0.25, 0.3) is 0 Å². The van der Waals surface area contributed by atoms with Crippen LogP contribution in [0.2, 0.25) is 0 Å². The summed E-state index contributed by atoms with van der Waals surface area (Å²) in [6.45, 7) is 7.98. The third kappa shape index (κ3) is 8.57. The first-order chi connectivity index (χ1) is 10.6. The molecular weight excluding hydrogens is 316 g/mol. The second-order valence-corrected chi connectivity index (χ2v) is 5.14. The van der Waals surface area contributed by atoms with Crippen LogP contribution >= 0.6 is 12.4 Å². The number of hydrogen-bond acceptors (Lipinski definition) is 4. The number of amides is 1. The number of hydrogen-bond donors (Lipinski definition) is 2. The number of ether oxygens (including phenoxy) is 1. The van der Waals surface area contributed by atoms with E-state index >= 15 is 0 Å². The zero-order valence-corrected chi connectivity index (χ0v) is 14.9. The van der Waals surface area contributed by atoms with E-state index in [2.05, 4.69) is 10.6 Å². The first-order valence-electron chi connectivity index (χ1n) is 7.83. The molecule has 1 rings (SSSR count). The summed E-state index contributed by atoms with van der Waals surface area (Å²) < 4.78 is 5.33. The molecular formula is C17H27ClN2O3. The van der Waals surface area contributed by atoms with E-state index in [0.29, 0.717) is 18.7 Å². The molecule has 0 spiro atoms. The van der Waals surface area contributed by atoms with Crippen molar-refractivity contribution in [2.75, 3.05) is 19.7 Å². The molecule has 5 nitrogen and oxygen atoms in total. The van der Waals surface area contributed by atoms with Gasteiger partial charge in [-0.25, -0.2) is 0 Å². The minimum atomic E-state index is -0.0935. The van der Waals surface area contributed by atoms with Crippen LogP contribution in [0.5, 0.6) is 5.75 Å². The van der Waals surface area contributed by atoms with Crippen molar-refractivity contribution in [2.24, 2.45) is 0 Å². The van der Waals surface area contributed by atoms with Crippen LogP contribution in [0.15, 0.2) is 24.3 Å². The number of likely N-dealkylation sites (N-methyl/N-ethyl adjacent to an activating group) is 1. The molecule has 1 aromatic rings. The average Bonchev–Trinajstić information content (AvgIpc) is 2.52. The van der Waals surface area contributed by atoms with E-state index in [4.69, 9.17) is 4.74 Å². The van der Waals surface area contributed by atoms with Crippen LogP contribution in [0.4, 0.5) is 0 Å². The zero-order chi connectivity index (χ0) is 16.4. The summed E-state index contributed by atoms with van der Waals surface area (Å²) in [7, 11) is 0. The Kier molecular flexibility index (Phi) is 11.1. The van der Waals surface area contributed by atoms with Crippen molar-refractivity contribution in [1.29, 1.82) is 0 Å². The minimum Gasteiger partial charge on any atom is -0.494 e. The van der Waals surface area contributed by atoms with Crippen LogP contribution in [0.1, 0.15) is 44.0 Å². The van der Waals surface area contributed by atoms with Gasteiger partial charge >= 0.3 is 0 Å². The Labute approximate surface area is 144 Å². The number of carbonyl (C=O) groups is 2. The van der Waals surface area contributed by atoms with E-state index in [1.165, 1.54) is 0 Å². The molecule has 2 N–H and O–H groups in total. The van der Waals surface area contributed by atoms with Crippen molar-refractivity contribution in [2.45, 2.75) is 39.7 Å². The largest absolute Gasteiger partial charge is 0.494 e. The van der Waals surface area contributed by atoms with Gasteiger partial charge in [0.25, 0.3) is 0 Å². The average molecular weight is 343 g/mol. The maximum absolute atomic E-state index is 12.0. The summed E-state index contributed by atoms with van der Waals surface area (Å²) in [5, 5.41) is 6.04.